The molecular weight excluding hydrogens is 929 g/mol. The van der Waals surface area contributed by atoms with Crippen LogP contribution in [0.4, 0.5) is 4.79 Å². The van der Waals surface area contributed by atoms with Gasteiger partial charge >= 0.3 is 24.0 Å². The Morgan fingerprint density at radius 1 is 0.408 bits per heavy atom. The fraction of sp³-hybridized carbons (Fsp3) is 0.864. The summed E-state index contributed by atoms with van der Waals surface area (Å²) in [5.74, 6) is 0.911. The topological polar surface area (TPSA) is 112 Å². The molecule has 71 heavy (non-hydrogen) atoms. The molecule has 1 amide bonds. The van der Waals surface area contributed by atoms with E-state index >= 15 is 0 Å². The maximum absolute atomic E-state index is 13.2. The highest BCUT2D eigenvalue weighted by molar-refractivity contribution is 8.76. The SMILES string of the molecule is CCCCCCCC/C=C\CCCCCCCC(=O)OCCCCN(CCCCOC(=O)CCCCCCC/C=C\CCCCCCCC)C(=O)OCCSSCCOC(=O)CCCN1CCCCCC1. The summed E-state index contributed by atoms with van der Waals surface area (Å²) >= 11 is 0. The molecule has 1 saturated heterocycles. The molecule has 0 N–H and O–H groups in total. The monoisotopic (exact) mass is 1040 g/mol. The van der Waals surface area contributed by atoms with Crippen LogP contribution < -0.4 is 0 Å². The molecule has 0 spiro atoms. The maximum Gasteiger partial charge on any atom is 0.409 e. The molecule has 1 aliphatic rings. The van der Waals surface area contributed by atoms with Crippen molar-refractivity contribution in [1.29, 1.82) is 0 Å². The van der Waals surface area contributed by atoms with Gasteiger partial charge in [-0.15, -0.1) is 0 Å². The Hall–Kier alpha value is -2.18. The average molecular weight is 1040 g/mol. The Labute approximate surface area is 444 Å². The molecule has 1 fully saturated rings. The van der Waals surface area contributed by atoms with Crippen LogP contribution in [0.1, 0.15) is 258 Å². The highest BCUT2D eigenvalue weighted by Crippen LogP contribution is 2.21. The lowest BCUT2D eigenvalue weighted by Crippen LogP contribution is -2.34. The van der Waals surface area contributed by atoms with Crippen molar-refractivity contribution in [3.05, 3.63) is 24.3 Å². The number of carbonyl (C=O) groups excluding carboxylic acids is 4. The van der Waals surface area contributed by atoms with Gasteiger partial charge in [0.1, 0.15) is 13.2 Å². The van der Waals surface area contributed by atoms with Crippen LogP contribution in [-0.4, -0.2) is 104 Å². The Bertz CT molecular complexity index is 1220. The number of allylic oxidation sites excluding steroid dienone is 4. The second-order valence-corrected chi connectivity index (χ2v) is 22.6. The Morgan fingerprint density at radius 2 is 0.775 bits per heavy atom. The molecule has 0 aliphatic carbocycles. The van der Waals surface area contributed by atoms with E-state index < -0.39 is 0 Å². The Morgan fingerprint density at radius 3 is 1.21 bits per heavy atom. The first-order valence-corrected chi connectivity index (χ1v) is 32.1. The van der Waals surface area contributed by atoms with Crippen molar-refractivity contribution < 1.29 is 38.1 Å². The minimum Gasteiger partial charge on any atom is -0.466 e. The zero-order chi connectivity index (χ0) is 51.2. The molecule has 0 unspecified atom stereocenters. The Balaban J connectivity index is 2.26. The minimum absolute atomic E-state index is 0.127. The highest BCUT2D eigenvalue weighted by Gasteiger charge is 2.16. The number of hydrogen-bond donors (Lipinski definition) is 0. The molecule has 0 aromatic carbocycles. The van der Waals surface area contributed by atoms with Gasteiger partial charge in [-0.2, -0.15) is 0 Å². The van der Waals surface area contributed by atoms with Gasteiger partial charge < -0.3 is 28.7 Å². The largest absolute Gasteiger partial charge is 0.466 e. The predicted molar refractivity (Wildman–Crippen MR) is 302 cm³/mol. The molecule has 0 aromatic heterocycles. The van der Waals surface area contributed by atoms with Gasteiger partial charge in [-0.1, -0.05) is 175 Å². The highest BCUT2D eigenvalue weighted by atomic mass is 33.1. The minimum atomic E-state index is -0.355. The summed E-state index contributed by atoms with van der Waals surface area (Å²) in [6.45, 7) is 10.2. The van der Waals surface area contributed by atoms with Crippen LogP contribution in [0, 0.1) is 0 Å². The van der Waals surface area contributed by atoms with Crippen molar-refractivity contribution >= 4 is 45.6 Å². The van der Waals surface area contributed by atoms with Crippen LogP contribution in [0.15, 0.2) is 24.3 Å². The fourth-order valence-corrected chi connectivity index (χ4v) is 10.4. The third-order valence-corrected chi connectivity index (χ3v) is 15.5. The van der Waals surface area contributed by atoms with Gasteiger partial charge in [0.25, 0.3) is 0 Å². The van der Waals surface area contributed by atoms with Crippen LogP contribution in [0.2, 0.25) is 0 Å². The summed E-state index contributed by atoms with van der Waals surface area (Å²) in [7, 11) is 3.22. The van der Waals surface area contributed by atoms with Crippen molar-refractivity contribution in [2.75, 3.05) is 70.7 Å². The van der Waals surface area contributed by atoms with Gasteiger partial charge in [-0.05, 0) is 129 Å². The van der Waals surface area contributed by atoms with Gasteiger partial charge in [-0.25, -0.2) is 4.79 Å². The third-order valence-electron chi connectivity index (χ3n) is 13.2. The zero-order valence-electron chi connectivity index (χ0n) is 45.9. The second-order valence-electron chi connectivity index (χ2n) is 19.8. The molecular formula is C59H108N2O8S2. The molecule has 12 heteroatoms. The first-order valence-electron chi connectivity index (χ1n) is 29.6. The molecule has 0 atom stereocenters. The summed E-state index contributed by atoms with van der Waals surface area (Å²) in [6.07, 6.45) is 51.0. The number of unbranched alkanes of at least 4 members (excludes halogenated alkanes) is 24. The van der Waals surface area contributed by atoms with E-state index in [9.17, 15) is 19.2 Å². The predicted octanol–water partition coefficient (Wildman–Crippen LogP) is 16.7. The maximum atomic E-state index is 13.2. The number of hydrogen-bond acceptors (Lipinski definition) is 11. The molecule has 10 nitrogen and oxygen atoms in total. The van der Waals surface area contributed by atoms with E-state index in [1.807, 2.05) is 0 Å². The van der Waals surface area contributed by atoms with E-state index in [2.05, 4.69) is 43.1 Å². The summed E-state index contributed by atoms with van der Waals surface area (Å²) in [4.78, 5) is 54.4. The van der Waals surface area contributed by atoms with Crippen molar-refractivity contribution in [1.82, 2.24) is 9.80 Å². The van der Waals surface area contributed by atoms with Crippen LogP contribution in [-0.2, 0) is 33.3 Å². The molecule has 0 radical (unpaired) electrons. The van der Waals surface area contributed by atoms with E-state index in [0.29, 0.717) is 89.4 Å². The lowest BCUT2D eigenvalue weighted by atomic mass is 10.1. The van der Waals surface area contributed by atoms with E-state index in [1.54, 1.807) is 26.5 Å². The van der Waals surface area contributed by atoms with Gasteiger partial charge in [0.2, 0.25) is 0 Å². The molecule has 0 saturated carbocycles. The van der Waals surface area contributed by atoms with Crippen molar-refractivity contribution in [2.24, 2.45) is 0 Å². The van der Waals surface area contributed by atoms with Gasteiger partial charge in [0.15, 0.2) is 0 Å². The molecule has 1 aliphatic heterocycles. The van der Waals surface area contributed by atoms with Crippen LogP contribution >= 0.6 is 21.6 Å². The number of rotatable bonds is 51. The van der Waals surface area contributed by atoms with Crippen LogP contribution in [0.3, 0.4) is 0 Å². The van der Waals surface area contributed by atoms with E-state index in [4.69, 9.17) is 18.9 Å². The quantitative estimate of drug-likeness (QED) is 0.0191. The van der Waals surface area contributed by atoms with Crippen LogP contribution in [0.5, 0.6) is 0 Å². The fourth-order valence-electron chi connectivity index (χ4n) is 8.74. The zero-order valence-corrected chi connectivity index (χ0v) is 47.6. The van der Waals surface area contributed by atoms with Gasteiger partial charge in [0, 0.05) is 43.9 Å². The van der Waals surface area contributed by atoms with E-state index in [0.717, 1.165) is 77.4 Å². The van der Waals surface area contributed by atoms with E-state index in [-0.39, 0.29) is 30.6 Å². The number of ether oxygens (including phenoxy) is 4. The van der Waals surface area contributed by atoms with Crippen LogP contribution in [0.25, 0.3) is 0 Å². The number of nitrogens with zero attached hydrogens (tertiary/aromatic N) is 2. The lowest BCUT2D eigenvalue weighted by Gasteiger charge is -2.22. The number of likely N-dealkylation sites (tertiary alicyclic amines) is 1. The molecule has 1 rings (SSSR count). The smallest absolute Gasteiger partial charge is 0.409 e. The summed E-state index contributed by atoms with van der Waals surface area (Å²) in [5.41, 5.74) is 0. The van der Waals surface area contributed by atoms with Crippen molar-refractivity contribution in [2.45, 2.75) is 258 Å². The van der Waals surface area contributed by atoms with Gasteiger partial charge in [0.05, 0.1) is 13.2 Å². The Kier molecular flexibility index (Phi) is 50.9. The second kappa shape index (κ2) is 54.1. The molecule has 0 aromatic rings. The molecule has 0 bridgehead atoms. The number of esters is 3. The van der Waals surface area contributed by atoms with E-state index in [1.165, 1.54) is 141 Å². The lowest BCUT2D eigenvalue weighted by molar-refractivity contribution is -0.144. The number of carbonyl (C=O) groups is 4. The third kappa shape index (κ3) is 48.5. The molecule has 1 heterocycles. The molecule has 414 valence electrons. The number of amides is 1. The first-order chi connectivity index (χ1) is 35.0. The normalized spacial score (nSPS) is 13.2. The summed E-state index contributed by atoms with van der Waals surface area (Å²) in [5, 5.41) is 0. The van der Waals surface area contributed by atoms with Crippen molar-refractivity contribution in [3.8, 4) is 0 Å². The average Bonchev–Trinajstić information content (AvgIpc) is 3.65. The summed E-state index contributed by atoms with van der Waals surface area (Å²) in [6, 6.07) is 0. The summed E-state index contributed by atoms with van der Waals surface area (Å²) < 4.78 is 22.2. The van der Waals surface area contributed by atoms with Crippen molar-refractivity contribution in [3.63, 3.8) is 0 Å². The van der Waals surface area contributed by atoms with Gasteiger partial charge in [-0.3, -0.25) is 14.4 Å². The standard InChI is InChI=1S/C59H108N2O8S2/c1-3-5-7-9-11-13-15-17-19-21-23-25-27-29-33-42-56(62)66-50-39-37-48-61(59(65)69-53-55-71-70-54-52-68-58(64)44-41-47-60-45-35-31-32-36-46-60)49-38-40-51-67-57(63)43-34-30-28-26-24-22-20-18-16-14-12-10-8-6-4-2/h17-20H,3-16,21-55H2,1-2H3/b19-17-,20-18-. The first kappa shape index (κ1) is 66.8.